The van der Waals surface area contributed by atoms with Gasteiger partial charge in [-0.15, -0.1) is 0 Å². The molecule has 1 heterocycles. The van der Waals surface area contributed by atoms with E-state index in [4.69, 9.17) is 16.3 Å². The molecule has 0 saturated heterocycles. The van der Waals surface area contributed by atoms with Crippen molar-refractivity contribution in [3.05, 3.63) is 28.5 Å². The Bertz CT molecular complexity index is 453. The van der Waals surface area contributed by atoms with Crippen molar-refractivity contribution in [2.24, 2.45) is 5.92 Å². The fourth-order valence-electron chi connectivity index (χ4n) is 2.38. The lowest BCUT2D eigenvalue weighted by molar-refractivity contribution is 0.0442. The first kappa shape index (κ1) is 14.3. The minimum absolute atomic E-state index is 0.236. The van der Waals surface area contributed by atoms with E-state index in [-0.39, 0.29) is 11.9 Å². The maximum Gasteiger partial charge on any atom is 0.338 e. The second-order valence-electron chi connectivity index (χ2n) is 5.51. The highest BCUT2D eigenvalue weighted by Crippen LogP contribution is 2.25. The Kier molecular flexibility index (Phi) is 4.81. The summed E-state index contributed by atoms with van der Waals surface area (Å²) in [5, 5.41) is 0.346. The summed E-state index contributed by atoms with van der Waals surface area (Å²) in [4.78, 5) is 16.2. The van der Waals surface area contributed by atoms with Crippen molar-refractivity contribution in [1.82, 2.24) is 4.98 Å². The number of carbonyl (C=O) groups is 1. The molecule has 0 N–H and O–H groups in total. The number of aromatic nitrogens is 1. The quantitative estimate of drug-likeness (QED) is 0.613. The Hall–Kier alpha value is -1.09. The SMILES string of the molecule is CC(C)c1cc(C(=O)OCC2CCCC2)cc(Cl)n1. The van der Waals surface area contributed by atoms with Crippen molar-refractivity contribution in [2.75, 3.05) is 6.61 Å². The van der Waals surface area contributed by atoms with Gasteiger partial charge in [-0.2, -0.15) is 0 Å². The number of halogens is 1. The first-order chi connectivity index (χ1) is 9.06. The van der Waals surface area contributed by atoms with Gasteiger partial charge in [0.05, 0.1) is 12.2 Å². The van der Waals surface area contributed by atoms with Crippen LogP contribution in [0.1, 0.15) is 61.5 Å². The Morgan fingerprint density at radius 3 is 2.74 bits per heavy atom. The molecule has 1 aliphatic carbocycles. The van der Waals surface area contributed by atoms with Crippen molar-refractivity contribution in [3.8, 4) is 0 Å². The normalized spacial score (nSPS) is 16.0. The minimum atomic E-state index is -0.293. The third kappa shape index (κ3) is 3.93. The Balaban J connectivity index is 2.01. The van der Waals surface area contributed by atoms with E-state index < -0.39 is 0 Å². The molecule has 19 heavy (non-hydrogen) atoms. The maximum atomic E-state index is 12.0. The average Bonchev–Trinajstić information content (AvgIpc) is 2.88. The first-order valence-corrected chi connectivity index (χ1v) is 7.28. The van der Waals surface area contributed by atoms with Crippen molar-refractivity contribution >= 4 is 17.6 Å². The predicted molar refractivity (Wildman–Crippen MR) is 75.6 cm³/mol. The molecule has 0 aliphatic heterocycles. The number of carbonyl (C=O) groups excluding carboxylic acids is 1. The Morgan fingerprint density at radius 1 is 1.42 bits per heavy atom. The van der Waals surface area contributed by atoms with E-state index in [1.54, 1.807) is 12.1 Å². The zero-order valence-corrected chi connectivity index (χ0v) is 12.2. The fraction of sp³-hybridized carbons (Fsp3) is 0.600. The van der Waals surface area contributed by atoms with Gasteiger partial charge in [-0.1, -0.05) is 38.3 Å². The van der Waals surface area contributed by atoms with Crippen LogP contribution in [0.3, 0.4) is 0 Å². The number of ether oxygens (including phenoxy) is 1. The van der Waals surface area contributed by atoms with Gasteiger partial charge in [-0.05, 0) is 36.8 Å². The van der Waals surface area contributed by atoms with Gasteiger partial charge in [0.1, 0.15) is 5.15 Å². The van der Waals surface area contributed by atoms with Gasteiger partial charge in [-0.25, -0.2) is 9.78 Å². The number of nitrogens with zero attached hydrogens (tertiary/aromatic N) is 1. The van der Waals surface area contributed by atoms with Crippen LogP contribution in [0.15, 0.2) is 12.1 Å². The molecule has 1 saturated carbocycles. The summed E-state index contributed by atoms with van der Waals surface area (Å²) in [7, 11) is 0. The van der Waals surface area contributed by atoms with Gasteiger partial charge in [0.2, 0.25) is 0 Å². The summed E-state index contributed by atoms with van der Waals surface area (Å²) < 4.78 is 5.38. The van der Waals surface area contributed by atoms with Crippen LogP contribution < -0.4 is 0 Å². The van der Waals surface area contributed by atoms with E-state index in [2.05, 4.69) is 4.98 Å². The smallest absolute Gasteiger partial charge is 0.338 e. The van der Waals surface area contributed by atoms with Crippen LogP contribution in [-0.4, -0.2) is 17.6 Å². The second kappa shape index (κ2) is 6.38. The van der Waals surface area contributed by atoms with Crippen molar-refractivity contribution < 1.29 is 9.53 Å². The third-order valence-electron chi connectivity index (χ3n) is 3.57. The van der Waals surface area contributed by atoms with Crippen LogP contribution in [-0.2, 0) is 4.74 Å². The zero-order chi connectivity index (χ0) is 13.8. The van der Waals surface area contributed by atoms with Crippen molar-refractivity contribution in [3.63, 3.8) is 0 Å². The highest BCUT2D eigenvalue weighted by atomic mass is 35.5. The summed E-state index contributed by atoms with van der Waals surface area (Å²) >= 11 is 5.95. The first-order valence-electron chi connectivity index (χ1n) is 6.91. The lowest BCUT2D eigenvalue weighted by Gasteiger charge is -2.11. The highest BCUT2D eigenvalue weighted by Gasteiger charge is 2.18. The molecule has 0 atom stereocenters. The number of hydrogen-bond donors (Lipinski definition) is 0. The maximum absolute atomic E-state index is 12.0. The van der Waals surface area contributed by atoms with Crippen LogP contribution in [0.25, 0.3) is 0 Å². The minimum Gasteiger partial charge on any atom is -0.462 e. The molecule has 0 unspecified atom stereocenters. The summed E-state index contributed by atoms with van der Waals surface area (Å²) in [5.74, 6) is 0.476. The molecular weight excluding hydrogens is 262 g/mol. The predicted octanol–water partition coefficient (Wildman–Crippen LogP) is 4.21. The van der Waals surface area contributed by atoms with Gasteiger partial charge in [0.25, 0.3) is 0 Å². The largest absolute Gasteiger partial charge is 0.462 e. The van der Waals surface area contributed by atoms with Gasteiger partial charge >= 0.3 is 5.97 Å². The van der Waals surface area contributed by atoms with Crippen LogP contribution in [0.4, 0.5) is 0 Å². The standard InChI is InChI=1S/C15H20ClNO2/c1-10(2)13-7-12(8-14(16)17-13)15(18)19-9-11-5-3-4-6-11/h7-8,10-11H,3-6,9H2,1-2H3. The molecular formula is C15H20ClNO2. The lowest BCUT2D eigenvalue weighted by atomic mass is 10.1. The highest BCUT2D eigenvalue weighted by molar-refractivity contribution is 6.29. The van der Waals surface area contributed by atoms with E-state index in [1.165, 1.54) is 25.7 Å². The van der Waals surface area contributed by atoms with Crippen LogP contribution in [0.2, 0.25) is 5.15 Å². The molecule has 1 aliphatic rings. The zero-order valence-electron chi connectivity index (χ0n) is 11.5. The number of hydrogen-bond acceptors (Lipinski definition) is 3. The molecule has 0 amide bonds. The monoisotopic (exact) mass is 281 g/mol. The number of esters is 1. The third-order valence-corrected chi connectivity index (χ3v) is 3.76. The van der Waals surface area contributed by atoms with Gasteiger partial charge in [0, 0.05) is 5.69 Å². The molecule has 1 aromatic rings. The molecule has 3 nitrogen and oxygen atoms in total. The van der Waals surface area contributed by atoms with E-state index in [0.717, 1.165) is 5.69 Å². The summed E-state index contributed by atoms with van der Waals surface area (Å²) in [5.41, 5.74) is 1.32. The average molecular weight is 282 g/mol. The molecule has 1 fully saturated rings. The van der Waals surface area contributed by atoms with E-state index in [1.807, 2.05) is 13.8 Å². The summed E-state index contributed by atoms with van der Waals surface area (Å²) in [6, 6.07) is 3.35. The second-order valence-corrected chi connectivity index (χ2v) is 5.89. The molecule has 0 radical (unpaired) electrons. The van der Waals surface area contributed by atoms with Gasteiger partial charge in [0.15, 0.2) is 0 Å². The lowest BCUT2D eigenvalue weighted by Crippen LogP contribution is -2.13. The summed E-state index contributed by atoms with van der Waals surface area (Å²) in [6.45, 7) is 4.56. The molecule has 1 aromatic heterocycles. The molecule has 0 spiro atoms. The summed E-state index contributed by atoms with van der Waals surface area (Å²) in [6.07, 6.45) is 4.84. The fourth-order valence-corrected chi connectivity index (χ4v) is 2.60. The molecule has 2 rings (SSSR count). The van der Waals surface area contributed by atoms with Gasteiger partial charge < -0.3 is 4.74 Å². The molecule has 104 valence electrons. The van der Waals surface area contributed by atoms with Crippen LogP contribution >= 0.6 is 11.6 Å². The van der Waals surface area contributed by atoms with Crippen molar-refractivity contribution in [1.29, 1.82) is 0 Å². The van der Waals surface area contributed by atoms with Gasteiger partial charge in [-0.3, -0.25) is 0 Å². The molecule has 0 aromatic carbocycles. The molecule has 0 bridgehead atoms. The van der Waals surface area contributed by atoms with Crippen LogP contribution in [0.5, 0.6) is 0 Å². The molecule has 4 heteroatoms. The number of rotatable bonds is 4. The Labute approximate surface area is 119 Å². The van der Waals surface area contributed by atoms with E-state index in [9.17, 15) is 4.79 Å². The van der Waals surface area contributed by atoms with E-state index in [0.29, 0.717) is 23.2 Å². The Morgan fingerprint density at radius 2 is 2.11 bits per heavy atom. The topological polar surface area (TPSA) is 39.2 Å². The number of pyridine rings is 1. The van der Waals surface area contributed by atoms with Crippen molar-refractivity contribution in [2.45, 2.75) is 45.4 Å². The van der Waals surface area contributed by atoms with E-state index >= 15 is 0 Å². The van der Waals surface area contributed by atoms with Crippen LogP contribution in [0, 0.1) is 5.92 Å².